The fourth-order valence-corrected chi connectivity index (χ4v) is 4.73. The summed E-state index contributed by atoms with van der Waals surface area (Å²) in [6.07, 6.45) is 4.05. The Balaban J connectivity index is 1.58. The van der Waals surface area contributed by atoms with E-state index < -0.39 is 0 Å². The van der Waals surface area contributed by atoms with E-state index in [4.69, 9.17) is 0 Å². The maximum absolute atomic E-state index is 2.38. The second kappa shape index (κ2) is 4.20. The molecule has 3 saturated carbocycles. The minimum absolute atomic E-state index is 0.507. The molecule has 0 N–H and O–H groups in total. The Morgan fingerprint density at radius 2 is 0.895 bits per heavy atom. The zero-order valence-electron chi connectivity index (χ0n) is 10.5. The molecule has 2 aromatic rings. The zero-order valence-corrected chi connectivity index (χ0v) is 14.8. The predicted molar refractivity (Wildman–Crippen MR) is 95.5 cm³/mol. The van der Waals surface area contributed by atoms with E-state index in [-0.39, 0.29) is 0 Å². The molecule has 3 aliphatic rings. The van der Waals surface area contributed by atoms with Crippen LogP contribution in [0.2, 0.25) is 0 Å². The summed E-state index contributed by atoms with van der Waals surface area (Å²) in [7, 11) is 0. The van der Waals surface area contributed by atoms with E-state index in [0.717, 1.165) is 0 Å². The first kappa shape index (κ1) is 12.6. The van der Waals surface area contributed by atoms with Crippen LogP contribution < -0.4 is 0 Å². The number of hydrogen-bond donors (Lipinski definition) is 0. The van der Waals surface area contributed by atoms with Gasteiger partial charge in [-0.2, -0.15) is 0 Å². The van der Waals surface area contributed by atoms with Crippen LogP contribution in [0.1, 0.15) is 30.4 Å². The molecule has 0 unspecified atom stereocenters. The summed E-state index contributed by atoms with van der Waals surface area (Å²) in [5, 5.41) is 0. The molecular formula is C17H14I2. The van der Waals surface area contributed by atoms with Crippen molar-refractivity contribution in [1.82, 2.24) is 0 Å². The fraction of sp³-hybridized carbons (Fsp3) is 0.294. The van der Waals surface area contributed by atoms with E-state index in [1.807, 2.05) is 0 Å². The lowest BCUT2D eigenvalue weighted by Crippen LogP contribution is -2.67. The minimum Gasteiger partial charge on any atom is -0.0574 e. The highest BCUT2D eigenvalue weighted by molar-refractivity contribution is 14.1. The third kappa shape index (κ3) is 1.82. The van der Waals surface area contributed by atoms with E-state index in [9.17, 15) is 0 Å². The first-order chi connectivity index (χ1) is 9.12. The molecule has 0 aromatic heterocycles. The van der Waals surface area contributed by atoms with E-state index >= 15 is 0 Å². The van der Waals surface area contributed by atoms with Crippen molar-refractivity contribution in [3.8, 4) is 0 Å². The number of halogens is 2. The zero-order chi connectivity index (χ0) is 13.1. The van der Waals surface area contributed by atoms with E-state index in [1.165, 1.54) is 26.4 Å². The van der Waals surface area contributed by atoms with Gasteiger partial charge in [0.15, 0.2) is 0 Å². The van der Waals surface area contributed by atoms with Crippen molar-refractivity contribution >= 4 is 45.2 Å². The Labute approximate surface area is 141 Å². The van der Waals surface area contributed by atoms with Crippen LogP contribution in [0.15, 0.2) is 48.5 Å². The lowest BCUT2D eigenvalue weighted by Gasteiger charge is -2.71. The van der Waals surface area contributed by atoms with Gasteiger partial charge in [0.2, 0.25) is 0 Å². The van der Waals surface area contributed by atoms with Gasteiger partial charge in [-0.25, -0.2) is 0 Å². The van der Waals surface area contributed by atoms with Crippen LogP contribution in [0.5, 0.6) is 0 Å². The molecule has 2 bridgehead atoms. The largest absolute Gasteiger partial charge is 0.0574 e. The molecule has 0 nitrogen and oxygen atoms in total. The molecule has 0 radical (unpaired) electrons. The second-order valence-corrected chi connectivity index (χ2v) is 8.60. The maximum atomic E-state index is 2.38. The molecule has 0 saturated heterocycles. The van der Waals surface area contributed by atoms with Crippen LogP contribution in [0.4, 0.5) is 0 Å². The predicted octanol–water partition coefficient (Wildman–Crippen LogP) is 5.27. The van der Waals surface area contributed by atoms with Gasteiger partial charge in [0.25, 0.3) is 0 Å². The van der Waals surface area contributed by atoms with Crippen molar-refractivity contribution in [3.05, 3.63) is 66.8 Å². The Morgan fingerprint density at radius 1 is 0.579 bits per heavy atom. The minimum atomic E-state index is 0.507. The highest BCUT2D eigenvalue weighted by Crippen LogP contribution is 2.73. The molecule has 19 heavy (non-hydrogen) atoms. The summed E-state index contributed by atoms with van der Waals surface area (Å²) >= 11 is 4.76. The van der Waals surface area contributed by atoms with Crippen molar-refractivity contribution in [2.45, 2.75) is 30.1 Å². The first-order valence-electron chi connectivity index (χ1n) is 6.64. The Bertz CT molecular complexity index is 550. The molecule has 3 aliphatic carbocycles. The van der Waals surface area contributed by atoms with Crippen LogP contribution in [0.25, 0.3) is 0 Å². The third-order valence-electron chi connectivity index (χ3n) is 4.94. The van der Waals surface area contributed by atoms with Gasteiger partial charge >= 0.3 is 0 Å². The van der Waals surface area contributed by atoms with Crippen molar-refractivity contribution in [1.29, 1.82) is 0 Å². The van der Waals surface area contributed by atoms with Gasteiger partial charge in [-0.1, -0.05) is 24.3 Å². The highest BCUT2D eigenvalue weighted by atomic mass is 127. The fourth-order valence-electron chi connectivity index (χ4n) is 4.01. The molecule has 5 rings (SSSR count). The van der Waals surface area contributed by atoms with Crippen LogP contribution in [-0.2, 0) is 10.8 Å². The summed E-state index contributed by atoms with van der Waals surface area (Å²) in [5.41, 5.74) is 4.13. The summed E-state index contributed by atoms with van der Waals surface area (Å²) < 4.78 is 2.67. The first-order valence-corrected chi connectivity index (χ1v) is 8.80. The standard InChI is InChI=1S/C17H14I2/c18-14-5-1-12(2-6-14)16-9-17(10-16,11-16)13-3-7-15(19)8-4-13/h1-8H,9-11H2. The quantitative estimate of drug-likeness (QED) is 0.523. The molecule has 0 spiro atoms. The van der Waals surface area contributed by atoms with Crippen LogP contribution >= 0.6 is 45.2 Å². The Kier molecular flexibility index (Phi) is 2.79. The van der Waals surface area contributed by atoms with Crippen molar-refractivity contribution in [2.75, 3.05) is 0 Å². The van der Waals surface area contributed by atoms with Gasteiger partial charge < -0.3 is 0 Å². The lowest BCUT2D eigenvalue weighted by molar-refractivity contribution is -0.0693. The van der Waals surface area contributed by atoms with Crippen LogP contribution in [-0.4, -0.2) is 0 Å². The molecule has 0 atom stereocenters. The van der Waals surface area contributed by atoms with Gasteiger partial charge in [-0.15, -0.1) is 0 Å². The Morgan fingerprint density at radius 3 is 1.21 bits per heavy atom. The van der Waals surface area contributed by atoms with E-state index in [1.54, 1.807) is 11.1 Å². The summed E-state index contributed by atoms with van der Waals surface area (Å²) in [6.45, 7) is 0. The van der Waals surface area contributed by atoms with Crippen LogP contribution in [0.3, 0.4) is 0 Å². The number of hydrogen-bond acceptors (Lipinski definition) is 0. The smallest absolute Gasteiger partial charge is 0.0130 e. The average molecular weight is 472 g/mol. The van der Waals surface area contributed by atoms with Crippen molar-refractivity contribution in [2.24, 2.45) is 0 Å². The van der Waals surface area contributed by atoms with E-state index in [0.29, 0.717) is 10.8 Å². The van der Waals surface area contributed by atoms with Gasteiger partial charge in [0.05, 0.1) is 0 Å². The van der Waals surface area contributed by atoms with Gasteiger partial charge in [-0.3, -0.25) is 0 Å². The third-order valence-corrected chi connectivity index (χ3v) is 6.38. The molecule has 0 aliphatic heterocycles. The summed E-state index contributed by atoms with van der Waals surface area (Å²) in [5.74, 6) is 0. The normalized spacial score (nSPS) is 31.5. The summed E-state index contributed by atoms with van der Waals surface area (Å²) in [6, 6.07) is 18.3. The molecule has 3 fully saturated rings. The monoisotopic (exact) mass is 472 g/mol. The molecule has 0 heterocycles. The Hall–Kier alpha value is -0.100. The molecule has 2 heteroatoms. The van der Waals surface area contributed by atoms with Gasteiger partial charge in [0.1, 0.15) is 0 Å². The number of rotatable bonds is 2. The van der Waals surface area contributed by atoms with E-state index in [2.05, 4.69) is 93.7 Å². The van der Waals surface area contributed by atoms with Gasteiger partial charge in [-0.05, 0) is 111 Å². The highest BCUT2D eigenvalue weighted by Gasteiger charge is 2.68. The molecule has 2 aromatic carbocycles. The number of benzene rings is 2. The van der Waals surface area contributed by atoms with Crippen molar-refractivity contribution in [3.63, 3.8) is 0 Å². The average Bonchev–Trinajstić information content (AvgIpc) is 2.31. The molecule has 0 amide bonds. The lowest BCUT2D eigenvalue weighted by atomic mass is 9.32. The van der Waals surface area contributed by atoms with Crippen LogP contribution in [0, 0.1) is 7.14 Å². The maximum Gasteiger partial charge on any atom is 0.0130 e. The molecular weight excluding hydrogens is 458 g/mol. The topological polar surface area (TPSA) is 0 Å². The van der Waals surface area contributed by atoms with Crippen molar-refractivity contribution < 1.29 is 0 Å². The molecule has 96 valence electrons. The SMILES string of the molecule is Ic1ccc(C23CC(c4ccc(I)cc4)(C2)C3)cc1. The summed E-state index contributed by atoms with van der Waals surface area (Å²) in [4.78, 5) is 0. The van der Waals surface area contributed by atoms with Gasteiger partial charge in [0, 0.05) is 7.14 Å². The second-order valence-electron chi connectivity index (χ2n) is 6.10.